The maximum atomic E-state index is 12.7. The second-order valence-electron chi connectivity index (χ2n) is 5.32. The minimum absolute atomic E-state index is 0.0135. The molecule has 0 aliphatic rings. The molecule has 8 nitrogen and oxygen atoms in total. The van der Waals surface area contributed by atoms with Crippen molar-refractivity contribution in [2.75, 3.05) is 31.4 Å². The number of nitrogens with zero attached hydrogens (tertiary/aromatic N) is 4. The van der Waals surface area contributed by atoms with E-state index in [4.69, 9.17) is 4.74 Å². The largest absolute Gasteiger partial charge is 0.467 e. The van der Waals surface area contributed by atoms with Gasteiger partial charge in [0, 0.05) is 19.8 Å². The molecule has 2 N–H and O–H groups in total. The molecule has 11 heteroatoms. The van der Waals surface area contributed by atoms with Crippen molar-refractivity contribution in [1.82, 2.24) is 20.3 Å². The van der Waals surface area contributed by atoms with Crippen molar-refractivity contribution in [2.45, 2.75) is 12.7 Å². The summed E-state index contributed by atoms with van der Waals surface area (Å²) in [7, 11) is 4.85. The molecule has 1 aromatic heterocycles. The molecule has 2 aromatic rings. The first-order valence-corrected chi connectivity index (χ1v) is 7.37. The van der Waals surface area contributed by atoms with E-state index in [9.17, 15) is 18.0 Å². The van der Waals surface area contributed by atoms with Gasteiger partial charge in [0.1, 0.15) is 0 Å². The third kappa shape index (κ3) is 5.19. The van der Waals surface area contributed by atoms with Crippen molar-refractivity contribution >= 4 is 17.7 Å². The van der Waals surface area contributed by atoms with Gasteiger partial charge in [0.2, 0.25) is 5.95 Å². The van der Waals surface area contributed by atoms with E-state index in [-0.39, 0.29) is 24.1 Å². The highest BCUT2D eigenvalue weighted by molar-refractivity contribution is 5.89. The van der Waals surface area contributed by atoms with Crippen LogP contribution in [0.3, 0.4) is 0 Å². The molecule has 0 saturated carbocycles. The number of urea groups is 1. The summed E-state index contributed by atoms with van der Waals surface area (Å²) in [5.41, 5.74) is -0.840. The summed E-state index contributed by atoms with van der Waals surface area (Å²) in [6.45, 7) is -0.0650. The minimum Gasteiger partial charge on any atom is -0.467 e. The zero-order valence-electron chi connectivity index (χ0n) is 14.3. The number of hydrogen-bond acceptors (Lipinski definition) is 6. The van der Waals surface area contributed by atoms with Crippen LogP contribution in [0, 0.1) is 0 Å². The molecule has 0 unspecified atom stereocenters. The molecule has 0 spiro atoms. The van der Waals surface area contributed by atoms with Crippen molar-refractivity contribution in [2.24, 2.45) is 0 Å². The van der Waals surface area contributed by atoms with Gasteiger partial charge in [0.05, 0.1) is 19.2 Å². The molecular formula is C15H17F3N6O2. The van der Waals surface area contributed by atoms with Gasteiger partial charge in [-0.1, -0.05) is 6.07 Å². The summed E-state index contributed by atoms with van der Waals surface area (Å²) in [6, 6.07) is 3.70. The van der Waals surface area contributed by atoms with E-state index in [0.29, 0.717) is 5.95 Å². The first kappa shape index (κ1) is 19.2. The van der Waals surface area contributed by atoms with Crippen LogP contribution in [0.2, 0.25) is 0 Å². The van der Waals surface area contributed by atoms with Crippen molar-refractivity contribution < 1.29 is 22.7 Å². The Kier molecular flexibility index (Phi) is 5.80. The summed E-state index contributed by atoms with van der Waals surface area (Å²) in [5, 5.41) is 4.79. The third-order valence-corrected chi connectivity index (χ3v) is 3.09. The first-order valence-electron chi connectivity index (χ1n) is 7.37. The van der Waals surface area contributed by atoms with Crippen molar-refractivity contribution in [1.29, 1.82) is 0 Å². The maximum Gasteiger partial charge on any atom is 0.416 e. The number of rotatable bonds is 5. The first-order chi connectivity index (χ1) is 12.2. The molecule has 0 radical (unpaired) electrons. The Morgan fingerprint density at radius 3 is 2.58 bits per heavy atom. The van der Waals surface area contributed by atoms with Crippen LogP contribution in [-0.2, 0) is 12.7 Å². The highest BCUT2D eigenvalue weighted by Crippen LogP contribution is 2.30. The molecule has 0 fully saturated rings. The van der Waals surface area contributed by atoms with Gasteiger partial charge < -0.3 is 20.3 Å². The summed E-state index contributed by atoms with van der Waals surface area (Å²) in [5.74, 6) is 0.576. The summed E-state index contributed by atoms with van der Waals surface area (Å²) >= 11 is 0. The zero-order valence-corrected chi connectivity index (χ0v) is 14.3. The number of ether oxygens (including phenoxy) is 1. The lowest BCUT2D eigenvalue weighted by Crippen LogP contribution is -2.29. The molecular weight excluding hydrogens is 353 g/mol. The molecule has 2 amide bonds. The minimum atomic E-state index is -4.49. The SMILES string of the molecule is COc1nc(CNC(=O)Nc2cccc(C(F)(F)F)c2)nc(N(C)C)n1. The van der Waals surface area contributed by atoms with E-state index in [1.807, 2.05) is 0 Å². The summed E-state index contributed by atoms with van der Waals surface area (Å²) < 4.78 is 43.0. The standard InChI is InChI=1S/C15H17F3N6O2/c1-24(2)12-21-11(22-14(23-12)26-3)8-19-13(25)20-10-6-4-5-9(7-10)15(16,17)18/h4-7H,8H2,1-3H3,(H2,19,20,25). The average molecular weight is 370 g/mol. The maximum absolute atomic E-state index is 12.7. The highest BCUT2D eigenvalue weighted by atomic mass is 19.4. The van der Waals surface area contributed by atoms with Crippen LogP contribution in [-0.4, -0.2) is 42.2 Å². The second kappa shape index (κ2) is 7.85. The Bertz CT molecular complexity index is 782. The average Bonchev–Trinajstić information content (AvgIpc) is 2.59. The second-order valence-corrected chi connectivity index (χ2v) is 5.32. The predicted molar refractivity (Wildman–Crippen MR) is 88.0 cm³/mol. The van der Waals surface area contributed by atoms with Crippen molar-refractivity contribution in [3.05, 3.63) is 35.7 Å². The number of carbonyl (C=O) groups excluding carboxylic acids is 1. The number of hydrogen-bond donors (Lipinski definition) is 2. The number of methoxy groups -OCH3 is 1. The van der Waals surface area contributed by atoms with Crippen molar-refractivity contribution in [3.63, 3.8) is 0 Å². The quantitative estimate of drug-likeness (QED) is 0.839. The van der Waals surface area contributed by atoms with E-state index >= 15 is 0 Å². The molecule has 1 aromatic carbocycles. The molecule has 26 heavy (non-hydrogen) atoms. The molecule has 140 valence electrons. The summed E-state index contributed by atoms with van der Waals surface area (Å²) in [4.78, 5) is 25.7. The summed E-state index contributed by atoms with van der Waals surface area (Å²) in [6.07, 6.45) is -4.49. The van der Waals surface area contributed by atoms with E-state index in [2.05, 4.69) is 25.6 Å². The van der Waals surface area contributed by atoms with Crippen molar-refractivity contribution in [3.8, 4) is 6.01 Å². The zero-order chi connectivity index (χ0) is 19.3. The smallest absolute Gasteiger partial charge is 0.416 e. The van der Waals surface area contributed by atoms with Gasteiger partial charge in [-0.05, 0) is 18.2 Å². The van der Waals surface area contributed by atoms with Gasteiger partial charge in [-0.25, -0.2) is 4.79 Å². The number of anilines is 2. The Morgan fingerprint density at radius 2 is 1.96 bits per heavy atom. The Morgan fingerprint density at radius 1 is 1.23 bits per heavy atom. The monoisotopic (exact) mass is 370 g/mol. The Balaban J connectivity index is 2.02. The fourth-order valence-electron chi connectivity index (χ4n) is 1.86. The molecule has 1 heterocycles. The van der Waals surface area contributed by atoms with E-state index in [1.54, 1.807) is 19.0 Å². The van der Waals surface area contributed by atoms with E-state index in [1.165, 1.54) is 19.2 Å². The molecule has 2 rings (SSSR count). The lowest BCUT2D eigenvalue weighted by Gasteiger charge is -2.13. The number of alkyl halides is 3. The Hall–Kier alpha value is -3.11. The number of amides is 2. The van der Waals surface area contributed by atoms with Gasteiger partial charge in [0.25, 0.3) is 0 Å². The molecule has 0 atom stereocenters. The van der Waals surface area contributed by atoms with E-state index < -0.39 is 17.8 Å². The number of halogens is 3. The van der Waals surface area contributed by atoms with Crippen LogP contribution in [0.15, 0.2) is 24.3 Å². The van der Waals surface area contributed by atoms with Gasteiger partial charge in [0.15, 0.2) is 5.82 Å². The van der Waals surface area contributed by atoms with Gasteiger partial charge in [-0.15, -0.1) is 0 Å². The molecule has 0 aliphatic carbocycles. The number of aromatic nitrogens is 3. The topological polar surface area (TPSA) is 92.3 Å². The van der Waals surface area contributed by atoms with Crippen LogP contribution < -0.4 is 20.3 Å². The van der Waals surface area contributed by atoms with Gasteiger partial charge >= 0.3 is 18.2 Å². The van der Waals surface area contributed by atoms with Crippen LogP contribution in [0.4, 0.5) is 29.6 Å². The Labute approximate surface area is 147 Å². The van der Waals surface area contributed by atoms with E-state index in [0.717, 1.165) is 12.1 Å². The van der Waals surface area contributed by atoms with Crippen LogP contribution in [0.5, 0.6) is 6.01 Å². The third-order valence-electron chi connectivity index (χ3n) is 3.09. The normalized spacial score (nSPS) is 11.0. The molecule has 0 saturated heterocycles. The van der Waals surface area contributed by atoms with Crippen LogP contribution in [0.1, 0.15) is 11.4 Å². The number of nitrogens with one attached hydrogen (secondary N) is 2. The number of carbonyl (C=O) groups is 1. The van der Waals surface area contributed by atoms with Crippen LogP contribution in [0.25, 0.3) is 0 Å². The lowest BCUT2D eigenvalue weighted by atomic mass is 10.2. The lowest BCUT2D eigenvalue weighted by molar-refractivity contribution is -0.137. The molecule has 0 aliphatic heterocycles. The highest BCUT2D eigenvalue weighted by Gasteiger charge is 2.30. The van der Waals surface area contributed by atoms with Gasteiger partial charge in [-0.2, -0.15) is 28.1 Å². The van der Waals surface area contributed by atoms with Crippen LogP contribution >= 0.6 is 0 Å². The molecule has 0 bridgehead atoms. The number of benzene rings is 1. The van der Waals surface area contributed by atoms with Gasteiger partial charge in [-0.3, -0.25) is 0 Å². The fraction of sp³-hybridized carbons (Fsp3) is 0.333. The predicted octanol–water partition coefficient (Wildman–Crippen LogP) is 2.29. The fourth-order valence-corrected chi connectivity index (χ4v) is 1.86.